The lowest BCUT2D eigenvalue weighted by Crippen LogP contribution is -1.89. The van der Waals surface area contributed by atoms with Crippen LogP contribution in [0.2, 0.25) is 0 Å². The number of hydrogen-bond acceptors (Lipinski definition) is 4. The van der Waals surface area contributed by atoms with Crippen LogP contribution in [0.25, 0.3) is 22.2 Å². The normalized spacial score (nSPS) is 10.9. The van der Waals surface area contributed by atoms with Crippen molar-refractivity contribution in [2.75, 3.05) is 7.11 Å². The number of H-pyrrole nitrogens is 1. The van der Waals surface area contributed by atoms with E-state index in [-0.39, 0.29) is 0 Å². The Morgan fingerprint density at radius 3 is 2.79 bits per heavy atom. The monoisotopic (exact) mass is 320 g/mol. The number of fused-ring (bicyclic) bond motifs is 1. The van der Waals surface area contributed by atoms with Crippen LogP contribution in [-0.2, 0) is 7.05 Å². The van der Waals surface area contributed by atoms with E-state index in [1.165, 1.54) is 0 Å². The first-order valence-electron chi connectivity index (χ1n) is 7.52. The first-order valence-corrected chi connectivity index (χ1v) is 7.52. The molecule has 0 aliphatic heterocycles. The summed E-state index contributed by atoms with van der Waals surface area (Å²) >= 11 is 0. The predicted molar refractivity (Wildman–Crippen MR) is 91.4 cm³/mol. The van der Waals surface area contributed by atoms with E-state index in [4.69, 9.17) is 9.47 Å². The second kappa shape index (κ2) is 5.73. The lowest BCUT2D eigenvalue weighted by Gasteiger charge is -2.07. The summed E-state index contributed by atoms with van der Waals surface area (Å²) < 4.78 is 13.0. The molecule has 0 saturated carbocycles. The molecule has 2 aromatic carbocycles. The van der Waals surface area contributed by atoms with Crippen molar-refractivity contribution in [2.45, 2.75) is 0 Å². The molecule has 4 aromatic rings. The molecule has 0 aliphatic carbocycles. The van der Waals surface area contributed by atoms with Gasteiger partial charge in [0.25, 0.3) is 0 Å². The first kappa shape index (κ1) is 14.3. The van der Waals surface area contributed by atoms with Gasteiger partial charge in [-0.25, -0.2) is 0 Å². The molecule has 2 heterocycles. The Bertz CT molecular complexity index is 1000. The van der Waals surface area contributed by atoms with Gasteiger partial charge < -0.3 is 9.47 Å². The van der Waals surface area contributed by atoms with Crippen LogP contribution in [0.5, 0.6) is 17.2 Å². The molecule has 0 spiro atoms. The van der Waals surface area contributed by atoms with E-state index >= 15 is 0 Å². The number of aromatic nitrogens is 4. The van der Waals surface area contributed by atoms with Crippen molar-refractivity contribution in [3.05, 3.63) is 54.9 Å². The minimum atomic E-state index is 0.680. The maximum Gasteiger partial charge on any atom is 0.173 e. The summed E-state index contributed by atoms with van der Waals surface area (Å²) in [6, 6.07) is 13.5. The number of aromatic amines is 1. The predicted octanol–water partition coefficient (Wildman–Crippen LogP) is 3.76. The van der Waals surface area contributed by atoms with Crippen molar-refractivity contribution < 1.29 is 9.47 Å². The van der Waals surface area contributed by atoms with Gasteiger partial charge in [-0.3, -0.25) is 9.78 Å². The fourth-order valence-electron chi connectivity index (χ4n) is 2.69. The molecular weight excluding hydrogens is 304 g/mol. The average molecular weight is 320 g/mol. The van der Waals surface area contributed by atoms with Gasteiger partial charge in [0.15, 0.2) is 5.75 Å². The molecule has 1 N–H and O–H groups in total. The fourth-order valence-corrected chi connectivity index (χ4v) is 2.69. The fraction of sp³-hybridized carbons (Fsp3) is 0.111. The first-order chi connectivity index (χ1) is 11.7. The summed E-state index contributed by atoms with van der Waals surface area (Å²) in [6.07, 6.45) is 3.66. The third-order valence-corrected chi connectivity index (χ3v) is 3.80. The van der Waals surface area contributed by atoms with Crippen LogP contribution in [-0.4, -0.2) is 27.1 Å². The van der Waals surface area contributed by atoms with Crippen LogP contribution in [0.1, 0.15) is 0 Å². The van der Waals surface area contributed by atoms with Crippen LogP contribution in [0, 0.1) is 0 Å². The van der Waals surface area contributed by atoms with Crippen LogP contribution < -0.4 is 9.47 Å². The van der Waals surface area contributed by atoms with E-state index in [1.807, 2.05) is 55.7 Å². The molecule has 0 bridgehead atoms. The van der Waals surface area contributed by atoms with Crippen molar-refractivity contribution in [3.8, 4) is 28.5 Å². The zero-order valence-corrected chi connectivity index (χ0v) is 13.4. The summed E-state index contributed by atoms with van der Waals surface area (Å²) in [5, 5.41) is 12.7. The lowest BCUT2D eigenvalue weighted by atomic mass is 10.1. The largest absolute Gasteiger partial charge is 0.497 e. The summed E-state index contributed by atoms with van der Waals surface area (Å²) in [5.41, 5.74) is 2.71. The van der Waals surface area contributed by atoms with Gasteiger partial charge in [0.2, 0.25) is 0 Å². The van der Waals surface area contributed by atoms with Crippen LogP contribution in [0.3, 0.4) is 0 Å². The molecule has 0 fully saturated rings. The molecule has 0 radical (unpaired) electrons. The Hall–Kier alpha value is -3.28. The summed E-state index contributed by atoms with van der Waals surface area (Å²) in [7, 11) is 3.51. The number of nitrogens with zero attached hydrogens (tertiary/aromatic N) is 3. The zero-order valence-electron chi connectivity index (χ0n) is 13.4. The molecule has 6 heteroatoms. The van der Waals surface area contributed by atoms with E-state index in [2.05, 4.69) is 15.3 Å². The van der Waals surface area contributed by atoms with Gasteiger partial charge in [-0.05, 0) is 18.2 Å². The van der Waals surface area contributed by atoms with Crippen molar-refractivity contribution >= 4 is 10.9 Å². The number of nitrogens with one attached hydrogen (secondary N) is 1. The Balaban J connectivity index is 1.79. The number of benzene rings is 2. The molecule has 0 atom stereocenters. The van der Waals surface area contributed by atoms with E-state index in [1.54, 1.807) is 18.0 Å². The molecule has 0 saturated heterocycles. The molecule has 120 valence electrons. The molecule has 2 aromatic heterocycles. The van der Waals surface area contributed by atoms with Crippen LogP contribution >= 0.6 is 0 Å². The van der Waals surface area contributed by atoms with Crippen molar-refractivity contribution in [2.24, 2.45) is 7.05 Å². The van der Waals surface area contributed by atoms with Crippen LogP contribution in [0.15, 0.2) is 54.9 Å². The molecule has 0 aliphatic rings. The Labute approximate surface area is 138 Å². The van der Waals surface area contributed by atoms with E-state index < -0.39 is 0 Å². The molecular formula is C18H16N4O2. The quantitative estimate of drug-likeness (QED) is 0.622. The summed E-state index contributed by atoms with van der Waals surface area (Å²) in [5.74, 6) is 2.12. The van der Waals surface area contributed by atoms with E-state index in [9.17, 15) is 0 Å². The van der Waals surface area contributed by atoms with Crippen molar-refractivity contribution in [1.82, 2.24) is 20.0 Å². The number of ether oxygens (including phenoxy) is 2. The van der Waals surface area contributed by atoms with Gasteiger partial charge >= 0.3 is 0 Å². The molecule has 24 heavy (non-hydrogen) atoms. The highest BCUT2D eigenvalue weighted by molar-refractivity contribution is 5.94. The highest BCUT2D eigenvalue weighted by atomic mass is 16.5. The highest BCUT2D eigenvalue weighted by Crippen LogP contribution is 2.36. The van der Waals surface area contributed by atoms with Gasteiger partial charge in [0, 0.05) is 24.1 Å². The molecule has 0 unspecified atom stereocenters. The maximum atomic E-state index is 6.06. The zero-order chi connectivity index (χ0) is 16.5. The third kappa shape index (κ3) is 2.48. The standard InChI is InChI=1S/C18H16N4O2/c1-22-11-17(24-13-6-3-5-12(9-13)23-2)18(21-22)14-7-4-8-16-15(14)10-19-20-16/h3-11H,1-2H3,(H,19,20). The second-order valence-electron chi connectivity index (χ2n) is 5.43. The molecule has 6 nitrogen and oxygen atoms in total. The second-order valence-corrected chi connectivity index (χ2v) is 5.43. The van der Waals surface area contributed by atoms with Gasteiger partial charge in [-0.2, -0.15) is 10.2 Å². The van der Waals surface area contributed by atoms with E-state index in [0.29, 0.717) is 11.5 Å². The summed E-state index contributed by atoms with van der Waals surface area (Å²) in [6.45, 7) is 0. The van der Waals surface area contributed by atoms with Gasteiger partial charge in [0.05, 0.1) is 25.0 Å². The Morgan fingerprint density at radius 2 is 1.92 bits per heavy atom. The maximum absolute atomic E-state index is 6.06. The minimum absolute atomic E-state index is 0.680. The third-order valence-electron chi connectivity index (χ3n) is 3.80. The van der Waals surface area contributed by atoms with Crippen molar-refractivity contribution in [3.63, 3.8) is 0 Å². The Kier molecular flexibility index (Phi) is 3.42. The average Bonchev–Trinajstić information content (AvgIpc) is 3.21. The number of rotatable bonds is 4. The van der Waals surface area contributed by atoms with Gasteiger partial charge in [-0.15, -0.1) is 0 Å². The number of hydrogen-bond donors (Lipinski definition) is 1. The Morgan fingerprint density at radius 1 is 1.08 bits per heavy atom. The molecule has 4 rings (SSSR count). The number of aryl methyl sites for hydroxylation is 1. The number of methoxy groups -OCH3 is 1. The van der Waals surface area contributed by atoms with Gasteiger partial charge in [-0.1, -0.05) is 18.2 Å². The summed E-state index contributed by atoms with van der Waals surface area (Å²) in [4.78, 5) is 0. The topological polar surface area (TPSA) is 65.0 Å². The van der Waals surface area contributed by atoms with E-state index in [0.717, 1.165) is 27.9 Å². The van der Waals surface area contributed by atoms with Crippen LogP contribution in [0.4, 0.5) is 0 Å². The lowest BCUT2D eigenvalue weighted by molar-refractivity contribution is 0.409. The van der Waals surface area contributed by atoms with Gasteiger partial charge in [0.1, 0.15) is 17.2 Å². The minimum Gasteiger partial charge on any atom is -0.497 e. The highest BCUT2D eigenvalue weighted by Gasteiger charge is 2.16. The molecule has 0 amide bonds. The van der Waals surface area contributed by atoms with Crippen molar-refractivity contribution in [1.29, 1.82) is 0 Å². The smallest absolute Gasteiger partial charge is 0.173 e. The SMILES string of the molecule is COc1cccc(Oc2cn(C)nc2-c2cccc3[nH]ncc23)c1.